The van der Waals surface area contributed by atoms with Gasteiger partial charge in [-0.15, -0.1) is 0 Å². The zero-order chi connectivity index (χ0) is 22.7. The number of rotatable bonds is 5. The number of esters is 1. The molecule has 32 heavy (non-hydrogen) atoms. The Morgan fingerprint density at radius 1 is 1.03 bits per heavy atom. The summed E-state index contributed by atoms with van der Waals surface area (Å²) in [5.41, 5.74) is 0.564. The van der Waals surface area contributed by atoms with Crippen molar-refractivity contribution in [1.29, 1.82) is 0 Å². The number of fused-ring (bicyclic) bond motifs is 1. The van der Waals surface area contributed by atoms with Gasteiger partial charge in [0.1, 0.15) is 17.0 Å². The van der Waals surface area contributed by atoms with Crippen LogP contribution in [0.15, 0.2) is 77.9 Å². The van der Waals surface area contributed by atoms with E-state index in [-0.39, 0.29) is 28.8 Å². The number of carbonyl (C=O) groups excluding carboxylic acids is 2. The lowest BCUT2D eigenvalue weighted by atomic mass is 10.1. The average Bonchev–Trinajstić information content (AvgIpc) is 2.80. The van der Waals surface area contributed by atoms with Crippen LogP contribution in [0.5, 0.6) is 0 Å². The number of hydrogen-bond acceptors (Lipinski definition) is 5. The van der Waals surface area contributed by atoms with Gasteiger partial charge in [-0.1, -0.05) is 12.1 Å². The molecule has 4 aromatic rings. The molecule has 1 amide bonds. The monoisotopic (exact) mass is 431 g/mol. The lowest BCUT2D eigenvalue weighted by Gasteiger charge is -2.14. The smallest absolute Gasteiger partial charge is 0.340 e. The second kappa shape index (κ2) is 8.81. The molecule has 8 heteroatoms. The minimum Gasteiger partial charge on any atom is -0.462 e. The van der Waals surface area contributed by atoms with Crippen molar-refractivity contribution in [3.63, 3.8) is 0 Å². The maximum Gasteiger partial charge on any atom is 0.340 e. The number of amides is 1. The summed E-state index contributed by atoms with van der Waals surface area (Å²) < 4.78 is 20.0. The Morgan fingerprint density at radius 3 is 2.53 bits per heavy atom. The minimum absolute atomic E-state index is 0.159. The van der Waals surface area contributed by atoms with Gasteiger partial charge >= 0.3 is 5.97 Å². The SMILES string of the molecule is CCOC(=O)c1ccccc1NC(=O)c1cn(-c2ccc(F)cc2)c2ncccc2c1=O. The Labute approximate surface area is 182 Å². The van der Waals surface area contributed by atoms with Crippen molar-refractivity contribution < 1.29 is 18.7 Å². The van der Waals surface area contributed by atoms with Crippen LogP contribution in [0.1, 0.15) is 27.6 Å². The first kappa shape index (κ1) is 20.9. The van der Waals surface area contributed by atoms with Crippen LogP contribution in [-0.2, 0) is 4.74 Å². The summed E-state index contributed by atoms with van der Waals surface area (Å²) >= 11 is 0. The Morgan fingerprint density at radius 2 is 1.78 bits per heavy atom. The third-order valence-electron chi connectivity index (χ3n) is 4.78. The number of hydrogen-bond donors (Lipinski definition) is 1. The molecule has 4 rings (SSSR count). The third-order valence-corrected chi connectivity index (χ3v) is 4.78. The number of anilines is 1. The fourth-order valence-electron chi connectivity index (χ4n) is 3.29. The molecule has 7 nitrogen and oxygen atoms in total. The van der Waals surface area contributed by atoms with Gasteiger partial charge in [-0.25, -0.2) is 14.2 Å². The lowest BCUT2D eigenvalue weighted by molar-refractivity contribution is 0.0527. The van der Waals surface area contributed by atoms with Crippen LogP contribution in [-0.4, -0.2) is 28.0 Å². The second-order valence-electron chi connectivity index (χ2n) is 6.81. The molecule has 0 bridgehead atoms. The van der Waals surface area contributed by atoms with Crippen molar-refractivity contribution >= 4 is 28.6 Å². The van der Waals surface area contributed by atoms with Crippen molar-refractivity contribution in [1.82, 2.24) is 9.55 Å². The van der Waals surface area contributed by atoms with Crippen LogP contribution < -0.4 is 10.7 Å². The molecule has 0 atom stereocenters. The van der Waals surface area contributed by atoms with Gasteiger partial charge in [0.15, 0.2) is 0 Å². The Hall–Kier alpha value is -4.33. The third kappa shape index (κ3) is 3.98. The molecule has 1 N–H and O–H groups in total. The molecule has 0 radical (unpaired) electrons. The summed E-state index contributed by atoms with van der Waals surface area (Å²) in [6.45, 7) is 1.86. The molecular weight excluding hydrogens is 413 g/mol. The molecule has 2 aromatic heterocycles. The van der Waals surface area contributed by atoms with E-state index in [1.807, 2.05) is 0 Å². The highest BCUT2D eigenvalue weighted by Gasteiger charge is 2.20. The van der Waals surface area contributed by atoms with Gasteiger partial charge in [0, 0.05) is 18.1 Å². The summed E-state index contributed by atoms with van der Waals surface area (Å²) in [6, 6.07) is 15.1. The number of benzene rings is 2. The molecule has 0 aliphatic rings. The summed E-state index contributed by atoms with van der Waals surface area (Å²) in [4.78, 5) is 42.6. The highest BCUT2D eigenvalue weighted by molar-refractivity contribution is 6.09. The Bertz CT molecular complexity index is 1380. The minimum atomic E-state index is -0.701. The number of ether oxygens (including phenoxy) is 1. The number of nitrogens with zero attached hydrogens (tertiary/aromatic N) is 2. The summed E-state index contributed by atoms with van der Waals surface area (Å²) in [6.07, 6.45) is 2.88. The predicted molar refractivity (Wildman–Crippen MR) is 118 cm³/mol. The van der Waals surface area contributed by atoms with Gasteiger partial charge in [-0.05, 0) is 55.5 Å². The molecule has 0 aliphatic carbocycles. The number of pyridine rings is 2. The van der Waals surface area contributed by atoms with Crippen molar-refractivity contribution in [3.8, 4) is 5.69 Å². The van der Waals surface area contributed by atoms with Crippen LogP contribution in [0, 0.1) is 5.82 Å². The average molecular weight is 431 g/mol. The van der Waals surface area contributed by atoms with Crippen molar-refractivity contribution in [2.24, 2.45) is 0 Å². The zero-order valence-corrected chi connectivity index (χ0v) is 17.0. The molecule has 0 saturated heterocycles. The summed E-state index contributed by atoms with van der Waals surface area (Å²) in [5.74, 6) is -1.70. The fraction of sp³-hybridized carbons (Fsp3) is 0.0833. The van der Waals surface area contributed by atoms with Gasteiger partial charge in [0.2, 0.25) is 5.43 Å². The van der Waals surface area contributed by atoms with Crippen molar-refractivity contribution in [2.75, 3.05) is 11.9 Å². The largest absolute Gasteiger partial charge is 0.462 e. The van der Waals surface area contributed by atoms with E-state index in [0.717, 1.165) is 0 Å². The summed E-state index contributed by atoms with van der Waals surface area (Å²) in [7, 11) is 0. The van der Waals surface area contributed by atoms with E-state index in [1.165, 1.54) is 42.7 Å². The number of carbonyl (C=O) groups is 2. The van der Waals surface area contributed by atoms with E-state index >= 15 is 0 Å². The highest BCUT2D eigenvalue weighted by Crippen LogP contribution is 2.19. The molecule has 0 spiro atoms. The van der Waals surface area contributed by atoms with E-state index in [4.69, 9.17) is 4.74 Å². The van der Waals surface area contributed by atoms with E-state index in [9.17, 15) is 18.8 Å². The number of aromatic nitrogens is 2. The van der Waals surface area contributed by atoms with Gasteiger partial charge < -0.3 is 14.6 Å². The standard InChI is InChI=1S/C24H18FN3O4/c1-2-32-24(31)17-6-3-4-8-20(17)27-23(30)19-14-28(16-11-9-15(25)10-12-16)22-18(21(19)29)7-5-13-26-22/h3-14H,2H2,1H3,(H,27,30). The number of para-hydroxylation sites is 1. The van der Waals surface area contributed by atoms with E-state index in [2.05, 4.69) is 10.3 Å². The van der Waals surface area contributed by atoms with E-state index in [0.29, 0.717) is 11.3 Å². The van der Waals surface area contributed by atoms with Crippen LogP contribution in [0.2, 0.25) is 0 Å². The fourth-order valence-corrected chi connectivity index (χ4v) is 3.29. The van der Waals surface area contributed by atoms with Crippen LogP contribution in [0.4, 0.5) is 10.1 Å². The second-order valence-corrected chi connectivity index (χ2v) is 6.81. The van der Waals surface area contributed by atoms with Crippen molar-refractivity contribution in [3.05, 3.63) is 100 Å². The highest BCUT2D eigenvalue weighted by atomic mass is 19.1. The van der Waals surface area contributed by atoms with Gasteiger partial charge in [-0.3, -0.25) is 9.59 Å². The molecule has 0 saturated carbocycles. The molecule has 0 fully saturated rings. The maximum absolute atomic E-state index is 13.4. The molecule has 2 aromatic carbocycles. The van der Waals surface area contributed by atoms with Crippen LogP contribution >= 0.6 is 0 Å². The summed E-state index contributed by atoms with van der Waals surface area (Å²) in [5, 5.41) is 2.85. The Kier molecular flexibility index (Phi) is 5.76. The molecular formula is C24H18FN3O4. The molecule has 0 unspecified atom stereocenters. The van der Waals surface area contributed by atoms with E-state index in [1.54, 1.807) is 41.8 Å². The van der Waals surface area contributed by atoms with Gasteiger partial charge in [0.05, 0.1) is 23.2 Å². The quantitative estimate of drug-likeness (QED) is 0.483. The first-order chi connectivity index (χ1) is 15.5. The first-order valence-corrected chi connectivity index (χ1v) is 9.83. The molecule has 0 aliphatic heterocycles. The number of nitrogens with one attached hydrogen (secondary N) is 1. The molecule has 160 valence electrons. The normalized spacial score (nSPS) is 10.7. The lowest BCUT2D eigenvalue weighted by Crippen LogP contribution is -2.25. The van der Waals surface area contributed by atoms with Gasteiger partial charge in [-0.2, -0.15) is 0 Å². The first-order valence-electron chi connectivity index (χ1n) is 9.83. The topological polar surface area (TPSA) is 90.3 Å². The zero-order valence-electron chi connectivity index (χ0n) is 17.0. The van der Waals surface area contributed by atoms with Gasteiger partial charge in [0.25, 0.3) is 5.91 Å². The van der Waals surface area contributed by atoms with Crippen LogP contribution in [0.25, 0.3) is 16.7 Å². The Balaban J connectivity index is 1.81. The van der Waals surface area contributed by atoms with Crippen LogP contribution in [0.3, 0.4) is 0 Å². The van der Waals surface area contributed by atoms with E-state index < -0.39 is 23.1 Å². The van der Waals surface area contributed by atoms with Crippen molar-refractivity contribution in [2.45, 2.75) is 6.92 Å². The number of halogens is 1. The maximum atomic E-state index is 13.4. The predicted octanol–water partition coefficient (Wildman–Crippen LogP) is 3.95. The molecule has 2 heterocycles.